The van der Waals surface area contributed by atoms with Crippen LogP contribution in [0.15, 0.2) is 0 Å². The monoisotopic (exact) mass is 330 g/mol. The summed E-state index contributed by atoms with van der Waals surface area (Å²) in [7, 11) is 0.00125. The second-order valence-corrected chi connectivity index (χ2v) is 6.86. The van der Waals surface area contributed by atoms with Crippen LogP contribution in [0.3, 0.4) is 0 Å². The van der Waals surface area contributed by atoms with Gasteiger partial charge in [-0.3, -0.25) is 0 Å². The number of halogens is 6. The van der Waals surface area contributed by atoms with Gasteiger partial charge < -0.3 is 9.84 Å². The van der Waals surface area contributed by atoms with Gasteiger partial charge in [0.15, 0.2) is 0 Å². The van der Waals surface area contributed by atoms with Crippen LogP contribution in [0.1, 0.15) is 13.8 Å². The van der Waals surface area contributed by atoms with Crippen molar-refractivity contribution in [3.05, 3.63) is 0 Å². The fourth-order valence-corrected chi connectivity index (χ4v) is 4.76. The van der Waals surface area contributed by atoms with Gasteiger partial charge in [0, 0.05) is 5.75 Å². The second-order valence-electron chi connectivity index (χ2n) is 4.27. The van der Waals surface area contributed by atoms with Gasteiger partial charge in [0.05, 0.1) is 12.2 Å². The van der Waals surface area contributed by atoms with Crippen LogP contribution < -0.4 is 0 Å². The number of hydrogen-bond donors (Lipinski definition) is 1. The number of hydrogen-bond acceptors (Lipinski definition) is 4. The van der Waals surface area contributed by atoms with E-state index in [0.717, 1.165) is 0 Å². The van der Waals surface area contributed by atoms with E-state index >= 15 is 0 Å². The van der Waals surface area contributed by atoms with Gasteiger partial charge in [-0.05, 0) is 13.8 Å². The minimum atomic E-state index is -5.58. The Labute approximate surface area is 113 Å². The maximum absolute atomic E-state index is 13.0. The molecule has 0 aliphatic carbocycles. The Kier molecular flexibility index (Phi) is 5.02. The Morgan fingerprint density at radius 1 is 1.16 bits per heavy atom. The zero-order valence-electron chi connectivity index (χ0n) is 9.88. The van der Waals surface area contributed by atoms with Gasteiger partial charge in [-0.1, -0.05) is 21.6 Å². The van der Waals surface area contributed by atoms with E-state index in [-0.39, 0.29) is 16.5 Å². The molecule has 1 heterocycles. The molecule has 1 aliphatic rings. The lowest BCUT2D eigenvalue weighted by Crippen LogP contribution is -2.67. The van der Waals surface area contributed by atoms with Crippen LogP contribution in [0.2, 0.25) is 0 Å². The van der Waals surface area contributed by atoms with Gasteiger partial charge >= 0.3 is 12.4 Å². The van der Waals surface area contributed by atoms with Crippen molar-refractivity contribution in [2.45, 2.75) is 49.3 Å². The molecule has 0 aromatic carbocycles. The van der Waals surface area contributed by atoms with E-state index in [9.17, 15) is 31.4 Å². The fraction of sp³-hybridized carbons (Fsp3) is 1.00. The van der Waals surface area contributed by atoms with Gasteiger partial charge in [-0.25, -0.2) is 0 Å². The molecule has 2 unspecified atom stereocenters. The first kappa shape index (κ1) is 17.3. The van der Waals surface area contributed by atoms with E-state index in [1.54, 1.807) is 0 Å². The zero-order chi connectivity index (χ0) is 15.1. The Morgan fingerprint density at radius 3 is 2.00 bits per heavy atom. The van der Waals surface area contributed by atoms with Crippen molar-refractivity contribution in [3.63, 3.8) is 0 Å². The summed E-state index contributed by atoms with van der Waals surface area (Å²) in [6, 6.07) is 0. The molecule has 0 saturated carbocycles. The van der Waals surface area contributed by atoms with Crippen molar-refractivity contribution in [1.29, 1.82) is 0 Å². The first-order valence-electron chi connectivity index (χ1n) is 5.21. The molecule has 19 heavy (non-hydrogen) atoms. The van der Waals surface area contributed by atoms with Crippen molar-refractivity contribution in [1.82, 2.24) is 0 Å². The highest BCUT2D eigenvalue weighted by Crippen LogP contribution is 2.61. The van der Waals surface area contributed by atoms with E-state index in [4.69, 9.17) is 4.74 Å². The summed E-state index contributed by atoms with van der Waals surface area (Å²) in [5.41, 5.74) is 0. The summed E-state index contributed by atoms with van der Waals surface area (Å²) in [4.78, 5) is 0. The predicted octanol–water partition coefficient (Wildman–Crippen LogP) is 3.40. The van der Waals surface area contributed by atoms with Crippen molar-refractivity contribution in [2.24, 2.45) is 0 Å². The summed E-state index contributed by atoms with van der Waals surface area (Å²) < 4.78 is 78.8. The maximum Gasteiger partial charge on any atom is 0.415 e. The number of rotatable bonds is 2. The lowest BCUT2D eigenvalue weighted by atomic mass is 9.95. The number of alkyl halides is 6. The molecule has 0 spiro atoms. The van der Waals surface area contributed by atoms with Gasteiger partial charge in [-0.2, -0.15) is 26.3 Å². The maximum atomic E-state index is 13.0. The first-order chi connectivity index (χ1) is 8.43. The normalized spacial score (nSPS) is 28.7. The molecule has 114 valence electrons. The summed E-state index contributed by atoms with van der Waals surface area (Å²) in [6.07, 6.45) is -16.2. The Morgan fingerprint density at radius 2 is 1.63 bits per heavy atom. The minimum absolute atomic E-state index is 0.254. The van der Waals surface area contributed by atoms with Crippen LogP contribution in [0.4, 0.5) is 26.3 Å². The van der Waals surface area contributed by atoms with Gasteiger partial charge in [0.2, 0.25) is 4.75 Å². The van der Waals surface area contributed by atoms with E-state index in [0.29, 0.717) is 10.8 Å². The molecule has 1 aliphatic heterocycles. The molecule has 0 amide bonds. The molecule has 2 nitrogen and oxygen atoms in total. The molecule has 2 atom stereocenters. The third-order valence-corrected chi connectivity index (χ3v) is 5.54. The second kappa shape index (κ2) is 5.53. The average Bonchev–Trinajstić information content (AvgIpc) is 2.16. The van der Waals surface area contributed by atoms with Gasteiger partial charge in [-0.15, -0.1) is 0 Å². The summed E-state index contributed by atoms with van der Waals surface area (Å²) in [6.45, 7) is 2.63. The number of aliphatic hydroxyl groups excluding tert-OH is 1. The lowest BCUT2D eigenvalue weighted by Gasteiger charge is -2.46. The lowest BCUT2D eigenvalue weighted by molar-refractivity contribution is -0.300. The van der Waals surface area contributed by atoms with E-state index < -0.39 is 35.4 Å². The SMILES string of the molecule is CC(C)OC1C(O)CSSC1(C(F)(F)F)C(F)(F)F. The quantitative estimate of drug-likeness (QED) is 0.621. The average molecular weight is 330 g/mol. The number of ether oxygens (including phenoxy) is 1. The predicted molar refractivity (Wildman–Crippen MR) is 60.9 cm³/mol. The molecule has 1 rings (SSSR count). The smallest absolute Gasteiger partial charge is 0.389 e. The third kappa shape index (κ3) is 3.11. The van der Waals surface area contributed by atoms with Crippen LogP contribution in [-0.4, -0.2) is 46.3 Å². The molecule has 0 bridgehead atoms. The van der Waals surface area contributed by atoms with Crippen LogP contribution >= 0.6 is 21.6 Å². The van der Waals surface area contributed by atoms with Crippen molar-refractivity contribution in [2.75, 3.05) is 5.75 Å². The van der Waals surface area contributed by atoms with E-state index in [2.05, 4.69) is 0 Å². The Hall–Kier alpha value is 0.200. The summed E-state index contributed by atoms with van der Waals surface area (Å²) >= 11 is 0. The summed E-state index contributed by atoms with van der Waals surface area (Å²) in [5, 5.41) is 9.52. The summed E-state index contributed by atoms with van der Waals surface area (Å²) in [5.74, 6) is -0.254. The Bertz CT molecular complexity index is 303. The zero-order valence-corrected chi connectivity index (χ0v) is 11.5. The van der Waals surface area contributed by atoms with Gasteiger partial charge in [0.25, 0.3) is 0 Å². The van der Waals surface area contributed by atoms with Crippen LogP contribution in [0.5, 0.6) is 0 Å². The fourth-order valence-electron chi connectivity index (χ4n) is 1.66. The van der Waals surface area contributed by atoms with Crippen molar-refractivity contribution in [3.8, 4) is 0 Å². The van der Waals surface area contributed by atoms with Crippen molar-refractivity contribution >= 4 is 21.6 Å². The van der Waals surface area contributed by atoms with Crippen LogP contribution in [0, 0.1) is 0 Å². The molecule has 0 aromatic heterocycles. The van der Waals surface area contributed by atoms with Crippen LogP contribution in [-0.2, 0) is 4.74 Å². The molecule has 10 heteroatoms. The molecule has 0 aromatic rings. The molecule has 1 saturated heterocycles. The van der Waals surface area contributed by atoms with Gasteiger partial charge in [0.1, 0.15) is 6.10 Å². The highest BCUT2D eigenvalue weighted by Gasteiger charge is 2.78. The first-order valence-corrected chi connectivity index (χ1v) is 7.53. The number of aliphatic hydroxyl groups is 1. The molecular formula is C9H12F6O2S2. The Balaban J connectivity index is 3.31. The topological polar surface area (TPSA) is 29.5 Å². The molecule has 1 N–H and O–H groups in total. The molecule has 0 radical (unpaired) electrons. The largest absolute Gasteiger partial charge is 0.415 e. The molecular weight excluding hydrogens is 318 g/mol. The van der Waals surface area contributed by atoms with E-state index in [1.807, 2.05) is 0 Å². The minimum Gasteiger partial charge on any atom is -0.389 e. The van der Waals surface area contributed by atoms with E-state index in [1.165, 1.54) is 13.8 Å². The highest BCUT2D eigenvalue weighted by atomic mass is 33.1. The highest BCUT2D eigenvalue weighted by molar-refractivity contribution is 8.77. The van der Waals surface area contributed by atoms with Crippen molar-refractivity contribution < 1.29 is 36.2 Å². The molecule has 1 fully saturated rings. The van der Waals surface area contributed by atoms with Crippen LogP contribution in [0.25, 0.3) is 0 Å². The third-order valence-electron chi connectivity index (χ3n) is 2.44. The standard InChI is InChI=1S/C9H12F6O2S2/c1-4(2)17-6-5(16)3-18-19-7(6,8(10,11)12)9(13,14)15/h4-6,16H,3H2,1-2H3.